The lowest BCUT2D eigenvalue weighted by Gasteiger charge is -2.17. The molecule has 1 N–H and O–H groups in total. The summed E-state index contributed by atoms with van der Waals surface area (Å²) in [5, 5.41) is 3.25. The van der Waals surface area contributed by atoms with Crippen molar-refractivity contribution in [3.63, 3.8) is 0 Å². The first-order chi connectivity index (χ1) is 10.1. The lowest BCUT2D eigenvalue weighted by molar-refractivity contribution is 0.0991. The van der Waals surface area contributed by atoms with Crippen molar-refractivity contribution in [2.45, 2.75) is 19.4 Å². The maximum atomic E-state index is 13.6. The van der Waals surface area contributed by atoms with Crippen LogP contribution in [0.15, 0.2) is 36.4 Å². The van der Waals surface area contributed by atoms with Crippen LogP contribution in [0.2, 0.25) is 0 Å². The quantitative estimate of drug-likeness (QED) is 0.879. The Labute approximate surface area is 121 Å². The number of Topliss-reactive ketones (excluding diaryl/α,β-unsaturated/α-hetero) is 1. The number of nitrogens with one attached hydrogen (secondary N) is 1. The Morgan fingerprint density at radius 3 is 2.86 bits per heavy atom. The highest BCUT2D eigenvalue weighted by molar-refractivity contribution is 5.97. The van der Waals surface area contributed by atoms with Crippen LogP contribution in [0.5, 0.6) is 0 Å². The molecule has 4 heteroatoms. The average molecular weight is 287 g/mol. The van der Waals surface area contributed by atoms with Crippen molar-refractivity contribution in [1.29, 1.82) is 0 Å². The van der Waals surface area contributed by atoms with Gasteiger partial charge in [0, 0.05) is 18.5 Å². The van der Waals surface area contributed by atoms with Gasteiger partial charge in [-0.15, -0.1) is 0 Å². The average Bonchev–Trinajstić information content (AvgIpc) is 2.51. The third-order valence-corrected chi connectivity index (χ3v) is 3.80. The second-order valence-electron chi connectivity index (χ2n) is 5.22. The van der Waals surface area contributed by atoms with Gasteiger partial charge in [-0.1, -0.05) is 24.3 Å². The molecule has 0 bridgehead atoms. The second kappa shape index (κ2) is 5.74. The Hall–Kier alpha value is -2.07. The van der Waals surface area contributed by atoms with E-state index in [1.165, 1.54) is 17.7 Å². The number of carbonyl (C=O) groups excluding carboxylic acids is 1. The van der Waals surface area contributed by atoms with Crippen LogP contribution in [0.3, 0.4) is 0 Å². The smallest absolute Gasteiger partial charge is 0.167 e. The molecule has 21 heavy (non-hydrogen) atoms. The SMILES string of the molecule is O=C(Cc1cccc(F)c1F)c1ccc2c(c1)CNCC2. The predicted octanol–water partition coefficient (Wildman–Crippen LogP) is 3.04. The summed E-state index contributed by atoms with van der Waals surface area (Å²) in [6, 6.07) is 9.47. The highest BCUT2D eigenvalue weighted by atomic mass is 19.2. The summed E-state index contributed by atoms with van der Waals surface area (Å²) in [4.78, 5) is 12.3. The molecule has 0 aromatic heterocycles. The Morgan fingerprint density at radius 1 is 1.14 bits per heavy atom. The number of ketones is 1. The fourth-order valence-electron chi connectivity index (χ4n) is 2.61. The summed E-state index contributed by atoms with van der Waals surface area (Å²) in [6.07, 6.45) is 0.818. The van der Waals surface area contributed by atoms with Crippen LogP contribution in [0.4, 0.5) is 8.78 Å². The molecule has 2 aromatic carbocycles. The van der Waals surface area contributed by atoms with Gasteiger partial charge in [0.15, 0.2) is 17.4 Å². The molecule has 0 aliphatic carbocycles. The summed E-state index contributed by atoms with van der Waals surface area (Å²) in [5.41, 5.74) is 2.98. The lowest BCUT2D eigenvalue weighted by Crippen LogP contribution is -2.24. The van der Waals surface area contributed by atoms with Crippen LogP contribution in [-0.2, 0) is 19.4 Å². The van der Waals surface area contributed by atoms with Gasteiger partial charge >= 0.3 is 0 Å². The van der Waals surface area contributed by atoms with E-state index >= 15 is 0 Å². The largest absolute Gasteiger partial charge is 0.312 e. The number of hydrogen-bond acceptors (Lipinski definition) is 2. The Kier molecular flexibility index (Phi) is 3.80. The summed E-state index contributed by atoms with van der Waals surface area (Å²) in [7, 11) is 0. The first kappa shape index (κ1) is 13.9. The molecule has 0 radical (unpaired) electrons. The Morgan fingerprint density at radius 2 is 2.00 bits per heavy atom. The van der Waals surface area contributed by atoms with Gasteiger partial charge in [-0.2, -0.15) is 0 Å². The van der Waals surface area contributed by atoms with Gasteiger partial charge in [-0.3, -0.25) is 4.79 Å². The number of hydrogen-bond donors (Lipinski definition) is 1. The molecule has 0 spiro atoms. The van der Waals surface area contributed by atoms with E-state index in [1.54, 1.807) is 6.07 Å². The van der Waals surface area contributed by atoms with E-state index in [1.807, 2.05) is 12.1 Å². The first-order valence-electron chi connectivity index (χ1n) is 6.94. The number of carbonyl (C=O) groups is 1. The standard InChI is InChI=1S/C17H15F2NO/c18-15-3-1-2-13(17(15)19)9-16(21)12-5-4-11-6-7-20-10-14(11)8-12/h1-5,8,20H,6-7,9-10H2. The topological polar surface area (TPSA) is 29.1 Å². The zero-order chi connectivity index (χ0) is 14.8. The summed E-state index contributed by atoms with van der Waals surface area (Å²) >= 11 is 0. The van der Waals surface area contributed by atoms with Gasteiger partial charge in [0.25, 0.3) is 0 Å². The number of rotatable bonds is 3. The van der Waals surface area contributed by atoms with Crippen molar-refractivity contribution in [2.75, 3.05) is 6.54 Å². The molecule has 3 rings (SSSR count). The predicted molar refractivity (Wildman–Crippen MR) is 76.2 cm³/mol. The lowest BCUT2D eigenvalue weighted by atomic mass is 9.95. The van der Waals surface area contributed by atoms with Crippen molar-refractivity contribution in [2.24, 2.45) is 0 Å². The van der Waals surface area contributed by atoms with Crippen LogP contribution in [-0.4, -0.2) is 12.3 Å². The molecule has 0 saturated heterocycles. The zero-order valence-corrected chi connectivity index (χ0v) is 11.5. The van der Waals surface area contributed by atoms with E-state index in [-0.39, 0.29) is 17.8 Å². The molecule has 1 heterocycles. The minimum atomic E-state index is -0.939. The fourth-order valence-corrected chi connectivity index (χ4v) is 2.61. The van der Waals surface area contributed by atoms with Crippen LogP contribution in [0.1, 0.15) is 27.0 Å². The van der Waals surface area contributed by atoms with Crippen molar-refractivity contribution in [3.8, 4) is 0 Å². The van der Waals surface area contributed by atoms with Crippen LogP contribution >= 0.6 is 0 Å². The van der Waals surface area contributed by atoms with Gasteiger partial charge in [0.1, 0.15) is 0 Å². The van der Waals surface area contributed by atoms with E-state index in [2.05, 4.69) is 5.32 Å². The Balaban J connectivity index is 1.84. The maximum absolute atomic E-state index is 13.6. The van der Waals surface area contributed by atoms with Gasteiger partial charge in [-0.25, -0.2) is 8.78 Å². The molecule has 0 amide bonds. The van der Waals surface area contributed by atoms with Crippen LogP contribution < -0.4 is 5.32 Å². The molecular formula is C17H15F2NO. The fraction of sp³-hybridized carbons (Fsp3) is 0.235. The normalized spacial score (nSPS) is 13.8. The highest BCUT2D eigenvalue weighted by Crippen LogP contribution is 2.19. The van der Waals surface area contributed by atoms with Crippen LogP contribution in [0, 0.1) is 11.6 Å². The zero-order valence-electron chi connectivity index (χ0n) is 11.5. The molecule has 2 nitrogen and oxygen atoms in total. The first-order valence-corrected chi connectivity index (χ1v) is 6.94. The molecule has 0 unspecified atom stereocenters. The van der Waals surface area contributed by atoms with E-state index in [9.17, 15) is 13.6 Å². The molecule has 1 aliphatic rings. The number of halogens is 2. The third-order valence-electron chi connectivity index (χ3n) is 3.80. The van der Waals surface area contributed by atoms with Crippen LogP contribution in [0.25, 0.3) is 0 Å². The molecule has 0 saturated carbocycles. The van der Waals surface area contributed by atoms with Gasteiger partial charge in [0.05, 0.1) is 0 Å². The molecule has 1 aliphatic heterocycles. The summed E-state index contributed by atoms with van der Waals surface area (Å²) in [6.45, 7) is 1.68. The Bertz CT molecular complexity index is 697. The van der Waals surface area contributed by atoms with E-state index < -0.39 is 11.6 Å². The van der Waals surface area contributed by atoms with Crippen molar-refractivity contribution < 1.29 is 13.6 Å². The van der Waals surface area contributed by atoms with E-state index in [0.717, 1.165) is 31.1 Å². The van der Waals surface area contributed by atoms with Crippen molar-refractivity contribution in [3.05, 3.63) is 70.3 Å². The molecular weight excluding hydrogens is 272 g/mol. The third kappa shape index (κ3) is 2.85. The second-order valence-corrected chi connectivity index (χ2v) is 5.22. The minimum Gasteiger partial charge on any atom is -0.312 e. The minimum absolute atomic E-state index is 0.0934. The number of fused-ring (bicyclic) bond motifs is 1. The summed E-state index contributed by atoms with van der Waals surface area (Å²) in [5.74, 6) is -2.06. The maximum Gasteiger partial charge on any atom is 0.167 e. The van der Waals surface area contributed by atoms with Crippen molar-refractivity contribution in [1.82, 2.24) is 5.32 Å². The van der Waals surface area contributed by atoms with E-state index in [4.69, 9.17) is 0 Å². The summed E-state index contributed by atoms with van der Waals surface area (Å²) < 4.78 is 26.8. The van der Waals surface area contributed by atoms with Gasteiger partial charge < -0.3 is 5.32 Å². The monoisotopic (exact) mass is 287 g/mol. The van der Waals surface area contributed by atoms with Gasteiger partial charge in [-0.05, 0) is 41.8 Å². The van der Waals surface area contributed by atoms with Gasteiger partial charge in [0.2, 0.25) is 0 Å². The number of benzene rings is 2. The van der Waals surface area contributed by atoms with E-state index in [0.29, 0.717) is 5.56 Å². The molecule has 0 fully saturated rings. The highest BCUT2D eigenvalue weighted by Gasteiger charge is 2.15. The molecule has 108 valence electrons. The molecule has 0 atom stereocenters. The molecule has 2 aromatic rings. The van der Waals surface area contributed by atoms with Crippen molar-refractivity contribution >= 4 is 5.78 Å².